The molecular weight excluding hydrogens is 327 g/mol. The molecule has 0 N–H and O–H groups in total. The summed E-state index contributed by atoms with van der Waals surface area (Å²) in [6.45, 7) is 2.63. The molecule has 0 aliphatic rings. The molecule has 0 unspecified atom stereocenters. The summed E-state index contributed by atoms with van der Waals surface area (Å²) in [6, 6.07) is 2.22. The SMILES string of the molecule is CCCCCCCCCC[Si](Cl)(Cl)CCCCCCCCC. The molecule has 0 atom stereocenters. The van der Waals surface area contributed by atoms with Gasteiger partial charge in [-0.25, -0.2) is 0 Å². The predicted molar refractivity (Wildman–Crippen MR) is 108 cm³/mol. The van der Waals surface area contributed by atoms with E-state index < -0.39 is 6.69 Å². The zero-order valence-electron chi connectivity index (χ0n) is 15.3. The molecule has 0 bridgehead atoms. The first-order chi connectivity index (χ1) is 10.6. The first-order valence-corrected chi connectivity index (χ1v) is 14.4. The lowest BCUT2D eigenvalue weighted by atomic mass is 10.1. The highest BCUT2D eigenvalue weighted by atomic mass is 35.7. The van der Waals surface area contributed by atoms with Crippen molar-refractivity contribution in [1.29, 1.82) is 0 Å². The van der Waals surface area contributed by atoms with Crippen molar-refractivity contribution in [3.8, 4) is 0 Å². The van der Waals surface area contributed by atoms with Gasteiger partial charge in [-0.3, -0.25) is 0 Å². The molecule has 0 saturated heterocycles. The largest absolute Gasteiger partial charge is 0.251 e. The second-order valence-electron chi connectivity index (χ2n) is 6.95. The van der Waals surface area contributed by atoms with Gasteiger partial charge in [-0.2, -0.15) is 0 Å². The molecule has 0 radical (unpaired) electrons. The van der Waals surface area contributed by atoms with Crippen LogP contribution in [0.2, 0.25) is 12.1 Å². The lowest BCUT2D eigenvalue weighted by molar-refractivity contribution is 0.583. The number of hydrogen-bond acceptors (Lipinski definition) is 0. The molecule has 0 aliphatic carbocycles. The molecule has 0 aromatic rings. The number of rotatable bonds is 17. The van der Waals surface area contributed by atoms with Gasteiger partial charge in [-0.05, 0) is 12.1 Å². The van der Waals surface area contributed by atoms with Crippen LogP contribution >= 0.6 is 22.2 Å². The molecule has 3 heteroatoms. The van der Waals surface area contributed by atoms with Gasteiger partial charge in [0.15, 0.2) is 0 Å². The van der Waals surface area contributed by atoms with Crippen LogP contribution in [0.25, 0.3) is 0 Å². The van der Waals surface area contributed by atoms with Crippen molar-refractivity contribution in [2.75, 3.05) is 0 Å². The van der Waals surface area contributed by atoms with Crippen LogP contribution in [0.4, 0.5) is 0 Å². The highest BCUT2D eigenvalue weighted by Gasteiger charge is 2.26. The summed E-state index contributed by atoms with van der Waals surface area (Å²) in [6.07, 6.45) is 20.4. The van der Waals surface area contributed by atoms with Gasteiger partial charge in [0.1, 0.15) is 0 Å². The van der Waals surface area contributed by atoms with Crippen LogP contribution in [0.1, 0.15) is 110 Å². The summed E-state index contributed by atoms with van der Waals surface area (Å²) in [5.41, 5.74) is 0. The zero-order valence-corrected chi connectivity index (χ0v) is 17.8. The first-order valence-electron chi connectivity index (χ1n) is 10.00. The summed E-state index contributed by atoms with van der Waals surface area (Å²) in [4.78, 5) is 0. The smallest absolute Gasteiger partial charge is 0.146 e. The molecule has 22 heavy (non-hydrogen) atoms. The third kappa shape index (κ3) is 17.2. The van der Waals surface area contributed by atoms with Crippen LogP contribution in [-0.2, 0) is 0 Å². The third-order valence-corrected chi connectivity index (χ3v) is 8.98. The van der Waals surface area contributed by atoms with E-state index in [0.29, 0.717) is 0 Å². The quantitative estimate of drug-likeness (QED) is 0.137. The van der Waals surface area contributed by atoms with Gasteiger partial charge < -0.3 is 0 Å². The third-order valence-electron chi connectivity index (χ3n) is 4.54. The van der Waals surface area contributed by atoms with E-state index in [1.165, 1.54) is 96.3 Å². The number of halogens is 2. The maximum atomic E-state index is 6.58. The summed E-state index contributed by atoms with van der Waals surface area (Å²) in [7, 11) is 0. The van der Waals surface area contributed by atoms with Gasteiger partial charge in [0.25, 0.3) is 6.69 Å². The second-order valence-corrected chi connectivity index (χ2v) is 14.6. The first kappa shape index (κ1) is 22.8. The van der Waals surface area contributed by atoms with E-state index in [1.807, 2.05) is 0 Å². The normalized spacial score (nSPS) is 12.0. The van der Waals surface area contributed by atoms with Gasteiger partial charge in [-0.1, -0.05) is 110 Å². The van der Waals surface area contributed by atoms with Crippen LogP contribution in [0.5, 0.6) is 0 Å². The highest BCUT2D eigenvalue weighted by molar-refractivity contribution is 7.45. The Bertz CT molecular complexity index is 219. The fourth-order valence-electron chi connectivity index (χ4n) is 2.98. The Morgan fingerprint density at radius 2 is 0.727 bits per heavy atom. The fraction of sp³-hybridized carbons (Fsp3) is 1.00. The minimum atomic E-state index is -1.92. The Kier molecular flexibility index (Phi) is 17.3. The molecule has 0 aromatic carbocycles. The van der Waals surface area contributed by atoms with Crippen LogP contribution in [0, 0.1) is 0 Å². The molecule has 0 nitrogen and oxygen atoms in total. The Hall–Kier alpha value is 0.797. The highest BCUT2D eigenvalue weighted by Crippen LogP contribution is 2.30. The lowest BCUT2D eigenvalue weighted by Crippen LogP contribution is -2.18. The molecule has 0 spiro atoms. The molecule has 134 valence electrons. The average molecular weight is 368 g/mol. The monoisotopic (exact) mass is 366 g/mol. The summed E-state index contributed by atoms with van der Waals surface area (Å²) >= 11 is 13.2. The average Bonchev–Trinajstić information content (AvgIpc) is 2.49. The molecule has 0 amide bonds. The van der Waals surface area contributed by atoms with Crippen LogP contribution in [0.15, 0.2) is 0 Å². The van der Waals surface area contributed by atoms with E-state index in [9.17, 15) is 0 Å². The Morgan fingerprint density at radius 1 is 0.455 bits per heavy atom. The van der Waals surface area contributed by atoms with E-state index in [-0.39, 0.29) is 0 Å². The Labute approximate surface area is 151 Å². The maximum Gasteiger partial charge on any atom is 0.251 e. The lowest BCUT2D eigenvalue weighted by Gasteiger charge is -2.16. The van der Waals surface area contributed by atoms with E-state index in [1.54, 1.807) is 0 Å². The van der Waals surface area contributed by atoms with E-state index >= 15 is 0 Å². The summed E-state index contributed by atoms with van der Waals surface area (Å²) < 4.78 is 0. The molecule has 0 aliphatic heterocycles. The topological polar surface area (TPSA) is 0 Å². The predicted octanol–water partition coefficient (Wildman–Crippen LogP) is 8.80. The van der Waals surface area contributed by atoms with Gasteiger partial charge in [-0.15, -0.1) is 22.2 Å². The molecule has 0 heterocycles. The molecule has 0 aromatic heterocycles. The molecule has 0 rings (SSSR count). The van der Waals surface area contributed by atoms with E-state index in [4.69, 9.17) is 22.2 Å². The van der Waals surface area contributed by atoms with E-state index in [2.05, 4.69) is 13.8 Å². The Balaban J connectivity index is 3.34. The molecule has 0 saturated carbocycles. The molecule has 0 fully saturated rings. The van der Waals surface area contributed by atoms with E-state index in [0.717, 1.165) is 12.1 Å². The maximum absolute atomic E-state index is 6.58. The minimum absolute atomic E-state index is 1.11. The van der Waals surface area contributed by atoms with Gasteiger partial charge >= 0.3 is 0 Å². The second kappa shape index (κ2) is 16.6. The van der Waals surface area contributed by atoms with Crippen molar-refractivity contribution in [3.05, 3.63) is 0 Å². The van der Waals surface area contributed by atoms with Gasteiger partial charge in [0.2, 0.25) is 0 Å². The van der Waals surface area contributed by atoms with Crippen molar-refractivity contribution >= 4 is 28.9 Å². The standard InChI is InChI=1S/C19H40Cl2Si/c1-3-5-7-9-11-13-15-17-19-22(20,21)18-16-14-12-10-8-6-4-2/h3-19H2,1-2H3. The van der Waals surface area contributed by atoms with Crippen molar-refractivity contribution in [2.45, 2.75) is 122 Å². The van der Waals surface area contributed by atoms with Crippen molar-refractivity contribution in [3.63, 3.8) is 0 Å². The Morgan fingerprint density at radius 3 is 1.05 bits per heavy atom. The van der Waals surface area contributed by atoms with Crippen molar-refractivity contribution < 1.29 is 0 Å². The van der Waals surface area contributed by atoms with Crippen LogP contribution in [-0.4, -0.2) is 6.69 Å². The summed E-state index contributed by atoms with van der Waals surface area (Å²) in [5.74, 6) is 0. The number of hydrogen-bond donors (Lipinski definition) is 0. The minimum Gasteiger partial charge on any atom is -0.146 e. The van der Waals surface area contributed by atoms with Crippen molar-refractivity contribution in [2.24, 2.45) is 0 Å². The number of unbranched alkanes of at least 4 members (excludes halogenated alkanes) is 13. The van der Waals surface area contributed by atoms with Crippen LogP contribution < -0.4 is 0 Å². The van der Waals surface area contributed by atoms with Crippen LogP contribution in [0.3, 0.4) is 0 Å². The fourth-order valence-corrected chi connectivity index (χ4v) is 6.37. The van der Waals surface area contributed by atoms with Gasteiger partial charge in [0, 0.05) is 0 Å². The van der Waals surface area contributed by atoms with Gasteiger partial charge in [0.05, 0.1) is 0 Å². The summed E-state index contributed by atoms with van der Waals surface area (Å²) in [5, 5.41) is 0. The zero-order chi connectivity index (χ0) is 16.5. The molecular formula is C19H40Cl2Si. The van der Waals surface area contributed by atoms with Crippen molar-refractivity contribution in [1.82, 2.24) is 0 Å².